The van der Waals surface area contributed by atoms with Crippen LogP contribution in [0.5, 0.6) is 0 Å². The van der Waals surface area contributed by atoms with Gasteiger partial charge >= 0.3 is 0 Å². The molecule has 2 heterocycles. The maximum absolute atomic E-state index is 6.31. The van der Waals surface area contributed by atoms with Crippen LogP contribution in [0, 0.1) is 11.3 Å². The number of nitrogens with zero attached hydrogens (tertiary/aromatic N) is 2. The van der Waals surface area contributed by atoms with Crippen LogP contribution >= 0.6 is 11.6 Å². The first-order chi connectivity index (χ1) is 8.91. The molecule has 0 aliphatic carbocycles. The summed E-state index contributed by atoms with van der Waals surface area (Å²) in [4.78, 5) is 6.77. The van der Waals surface area contributed by atoms with Crippen LogP contribution in [0.25, 0.3) is 0 Å². The van der Waals surface area contributed by atoms with Crippen molar-refractivity contribution in [3.63, 3.8) is 0 Å². The van der Waals surface area contributed by atoms with Crippen molar-refractivity contribution >= 4 is 17.4 Å². The maximum atomic E-state index is 6.31. The van der Waals surface area contributed by atoms with Crippen LogP contribution in [0.3, 0.4) is 0 Å². The topological polar surface area (TPSA) is 42.2 Å². The number of piperidine rings is 1. The van der Waals surface area contributed by atoms with Gasteiger partial charge in [0.15, 0.2) is 0 Å². The summed E-state index contributed by atoms with van der Waals surface area (Å²) >= 11 is 6.31. The minimum Gasteiger partial charge on any atom is -0.355 e. The van der Waals surface area contributed by atoms with Crippen molar-refractivity contribution in [1.29, 1.82) is 0 Å². The average Bonchev–Trinajstić information content (AvgIpc) is 2.37. The van der Waals surface area contributed by atoms with Gasteiger partial charge in [0.1, 0.15) is 5.82 Å². The predicted molar refractivity (Wildman–Crippen MR) is 81.5 cm³/mol. The van der Waals surface area contributed by atoms with Gasteiger partial charge < -0.3 is 10.6 Å². The Morgan fingerprint density at radius 1 is 1.37 bits per heavy atom. The lowest BCUT2D eigenvalue weighted by Gasteiger charge is -2.39. The summed E-state index contributed by atoms with van der Waals surface area (Å²) in [6, 6.07) is 1.93. The lowest BCUT2D eigenvalue weighted by atomic mass is 9.75. The first-order valence-electron chi connectivity index (χ1n) is 7.01. The highest BCUT2D eigenvalue weighted by atomic mass is 35.5. The van der Waals surface area contributed by atoms with E-state index >= 15 is 0 Å². The van der Waals surface area contributed by atoms with Crippen LogP contribution in [0.15, 0.2) is 12.3 Å². The second-order valence-corrected chi connectivity index (χ2v) is 6.89. The molecule has 3 nitrogen and oxygen atoms in total. The number of pyridine rings is 1. The van der Waals surface area contributed by atoms with Gasteiger partial charge in [-0.25, -0.2) is 4.98 Å². The Labute approximate surface area is 121 Å². The number of hydrogen-bond acceptors (Lipinski definition) is 3. The van der Waals surface area contributed by atoms with E-state index in [1.165, 1.54) is 12.8 Å². The van der Waals surface area contributed by atoms with Gasteiger partial charge in [-0.15, -0.1) is 0 Å². The summed E-state index contributed by atoms with van der Waals surface area (Å²) in [5.41, 5.74) is 6.98. The molecule has 1 saturated heterocycles. The lowest BCUT2D eigenvalue weighted by molar-refractivity contribution is 0.198. The molecule has 0 radical (unpaired) electrons. The van der Waals surface area contributed by atoms with Crippen LogP contribution in [0.1, 0.15) is 39.2 Å². The summed E-state index contributed by atoms with van der Waals surface area (Å²) in [7, 11) is 0. The Hall–Kier alpha value is -0.800. The van der Waals surface area contributed by atoms with Gasteiger partial charge in [-0.2, -0.15) is 0 Å². The molecule has 0 bridgehead atoms. The van der Waals surface area contributed by atoms with E-state index in [1.54, 1.807) is 0 Å². The van der Waals surface area contributed by atoms with E-state index in [9.17, 15) is 0 Å². The molecule has 1 aliphatic rings. The zero-order valence-electron chi connectivity index (χ0n) is 12.1. The monoisotopic (exact) mass is 281 g/mol. The molecule has 0 unspecified atom stereocenters. The molecule has 0 amide bonds. The zero-order chi connectivity index (χ0) is 14.0. The first kappa shape index (κ1) is 14.6. The largest absolute Gasteiger partial charge is 0.355 e. The first-order valence-corrected chi connectivity index (χ1v) is 7.39. The molecule has 0 aromatic carbocycles. The van der Waals surface area contributed by atoms with Gasteiger partial charge in [0.05, 0.1) is 5.02 Å². The molecule has 2 N–H and O–H groups in total. The van der Waals surface area contributed by atoms with Crippen LogP contribution in [-0.4, -0.2) is 18.1 Å². The standard InChI is InChI=1S/C15H24ClN3/c1-15(2,3)12-4-6-19(7-5-12)14-13(16)8-11(9-17)10-18-14/h8,10,12H,4-7,9,17H2,1-3H3. The quantitative estimate of drug-likeness (QED) is 0.903. The molecule has 0 atom stereocenters. The second-order valence-electron chi connectivity index (χ2n) is 6.48. The average molecular weight is 282 g/mol. The van der Waals surface area contributed by atoms with Crippen LogP contribution in [0.4, 0.5) is 5.82 Å². The normalized spacial score (nSPS) is 17.8. The van der Waals surface area contributed by atoms with E-state index in [-0.39, 0.29) is 0 Å². The maximum Gasteiger partial charge on any atom is 0.147 e. The second kappa shape index (κ2) is 5.68. The Bertz CT molecular complexity index is 432. The fourth-order valence-electron chi connectivity index (χ4n) is 2.77. The minimum atomic E-state index is 0.396. The third-order valence-corrected chi connectivity index (χ3v) is 4.41. The summed E-state index contributed by atoms with van der Waals surface area (Å²) in [5.74, 6) is 1.69. The van der Waals surface area contributed by atoms with E-state index in [0.717, 1.165) is 35.4 Å². The molecule has 2 rings (SSSR count). The third kappa shape index (κ3) is 3.40. The molecule has 1 aromatic heterocycles. The summed E-state index contributed by atoms with van der Waals surface area (Å²) in [6.45, 7) is 9.55. The van der Waals surface area contributed by atoms with Crippen molar-refractivity contribution < 1.29 is 0 Å². The van der Waals surface area contributed by atoms with Crippen molar-refractivity contribution in [2.75, 3.05) is 18.0 Å². The molecule has 19 heavy (non-hydrogen) atoms. The van der Waals surface area contributed by atoms with Crippen molar-refractivity contribution in [1.82, 2.24) is 4.98 Å². The number of aromatic nitrogens is 1. The summed E-state index contributed by atoms with van der Waals surface area (Å²) < 4.78 is 0. The van der Waals surface area contributed by atoms with Crippen LogP contribution < -0.4 is 10.6 Å². The zero-order valence-corrected chi connectivity index (χ0v) is 12.9. The minimum absolute atomic E-state index is 0.396. The molecular weight excluding hydrogens is 258 g/mol. The Balaban J connectivity index is 2.06. The molecule has 1 aliphatic heterocycles. The molecule has 0 saturated carbocycles. The SMILES string of the molecule is CC(C)(C)C1CCN(c2ncc(CN)cc2Cl)CC1. The number of hydrogen-bond donors (Lipinski definition) is 1. The highest BCUT2D eigenvalue weighted by Crippen LogP contribution is 2.36. The molecule has 1 aromatic rings. The molecule has 1 fully saturated rings. The number of halogens is 1. The van der Waals surface area contributed by atoms with Crippen molar-refractivity contribution in [3.05, 3.63) is 22.8 Å². The third-order valence-electron chi connectivity index (χ3n) is 4.13. The van der Waals surface area contributed by atoms with Gasteiger partial charge in [-0.3, -0.25) is 0 Å². The Morgan fingerprint density at radius 3 is 2.47 bits per heavy atom. The van der Waals surface area contributed by atoms with E-state index in [0.29, 0.717) is 12.0 Å². The number of anilines is 1. The number of rotatable bonds is 2. The fraction of sp³-hybridized carbons (Fsp3) is 0.667. The van der Waals surface area contributed by atoms with Crippen LogP contribution in [0.2, 0.25) is 5.02 Å². The van der Waals surface area contributed by atoms with Crippen molar-refractivity contribution in [2.45, 2.75) is 40.2 Å². The Kier molecular flexibility index (Phi) is 4.36. The van der Waals surface area contributed by atoms with Gasteiger partial charge in [-0.1, -0.05) is 32.4 Å². The van der Waals surface area contributed by atoms with Crippen molar-refractivity contribution in [3.8, 4) is 0 Å². The van der Waals surface area contributed by atoms with E-state index in [1.807, 2.05) is 12.3 Å². The molecule has 106 valence electrons. The fourth-order valence-corrected chi connectivity index (χ4v) is 3.08. The number of nitrogens with two attached hydrogens (primary N) is 1. The van der Waals surface area contributed by atoms with E-state index < -0.39 is 0 Å². The summed E-state index contributed by atoms with van der Waals surface area (Å²) in [6.07, 6.45) is 4.25. The van der Waals surface area contributed by atoms with Crippen LogP contribution in [-0.2, 0) is 6.54 Å². The highest BCUT2D eigenvalue weighted by molar-refractivity contribution is 6.33. The highest BCUT2D eigenvalue weighted by Gasteiger charge is 2.29. The van der Waals surface area contributed by atoms with Gasteiger partial charge in [0, 0.05) is 25.8 Å². The molecular formula is C15H24ClN3. The summed E-state index contributed by atoms with van der Waals surface area (Å²) in [5, 5.41) is 0.720. The smallest absolute Gasteiger partial charge is 0.147 e. The lowest BCUT2D eigenvalue weighted by Crippen LogP contribution is -2.38. The Morgan fingerprint density at radius 2 is 2.00 bits per heavy atom. The molecule has 4 heteroatoms. The van der Waals surface area contributed by atoms with Gasteiger partial charge in [0.25, 0.3) is 0 Å². The van der Waals surface area contributed by atoms with Gasteiger partial charge in [-0.05, 0) is 35.8 Å². The van der Waals surface area contributed by atoms with Gasteiger partial charge in [0.2, 0.25) is 0 Å². The van der Waals surface area contributed by atoms with E-state index in [4.69, 9.17) is 17.3 Å². The molecule has 0 spiro atoms. The predicted octanol–water partition coefficient (Wildman–Crippen LogP) is 3.46. The van der Waals surface area contributed by atoms with Crippen molar-refractivity contribution in [2.24, 2.45) is 17.1 Å². The van der Waals surface area contributed by atoms with E-state index in [2.05, 4.69) is 30.7 Å².